The summed E-state index contributed by atoms with van der Waals surface area (Å²) in [6.45, 7) is 0.580. The van der Waals surface area contributed by atoms with Crippen molar-refractivity contribution in [1.29, 1.82) is 0 Å². The zero-order valence-corrected chi connectivity index (χ0v) is 9.63. The fourth-order valence-electron chi connectivity index (χ4n) is 2.83. The highest BCUT2D eigenvalue weighted by molar-refractivity contribution is 5.85. The Balaban J connectivity index is 1.87. The van der Waals surface area contributed by atoms with Crippen LogP contribution in [-0.2, 0) is 4.79 Å². The first-order valence-electron chi connectivity index (χ1n) is 6.50. The van der Waals surface area contributed by atoms with Crippen LogP contribution < -0.4 is 5.73 Å². The lowest BCUT2D eigenvalue weighted by Gasteiger charge is -2.34. The summed E-state index contributed by atoms with van der Waals surface area (Å²) >= 11 is 0. The first kappa shape index (κ1) is 11.1. The van der Waals surface area contributed by atoms with Crippen molar-refractivity contribution < 1.29 is 4.79 Å². The summed E-state index contributed by atoms with van der Waals surface area (Å²) in [6.07, 6.45) is 10.4. The fraction of sp³-hybridized carbons (Fsp3) is 0.923. The second kappa shape index (κ2) is 4.65. The minimum Gasteiger partial charge on any atom is -0.329 e. The van der Waals surface area contributed by atoms with Crippen LogP contribution in [0.1, 0.15) is 57.8 Å². The van der Waals surface area contributed by atoms with Crippen LogP contribution in [0.25, 0.3) is 0 Å². The molecule has 0 amide bonds. The van der Waals surface area contributed by atoms with E-state index < -0.39 is 0 Å². The molecule has 0 atom stereocenters. The summed E-state index contributed by atoms with van der Waals surface area (Å²) in [6, 6.07) is 0. The van der Waals surface area contributed by atoms with Gasteiger partial charge in [0.2, 0.25) is 0 Å². The molecule has 2 aliphatic rings. The molecule has 0 heterocycles. The molecule has 0 radical (unpaired) electrons. The molecule has 2 rings (SSSR count). The van der Waals surface area contributed by atoms with Gasteiger partial charge in [-0.15, -0.1) is 0 Å². The largest absolute Gasteiger partial charge is 0.329 e. The molecule has 2 fully saturated rings. The van der Waals surface area contributed by atoms with Crippen LogP contribution in [0.5, 0.6) is 0 Å². The molecule has 0 bridgehead atoms. The lowest BCUT2D eigenvalue weighted by atomic mass is 9.70. The molecule has 2 saturated carbocycles. The molecule has 0 spiro atoms. The monoisotopic (exact) mass is 209 g/mol. The Bertz CT molecular complexity index is 227. The molecule has 2 aliphatic carbocycles. The number of carbonyl (C=O) groups is 1. The SMILES string of the molecule is NCC1(C(=O)CCC2CC2)CCCCC1. The summed E-state index contributed by atoms with van der Waals surface area (Å²) in [5.74, 6) is 1.34. The minimum atomic E-state index is -0.118. The Labute approximate surface area is 92.6 Å². The number of rotatable bonds is 5. The van der Waals surface area contributed by atoms with Gasteiger partial charge in [-0.1, -0.05) is 32.1 Å². The maximum Gasteiger partial charge on any atom is 0.140 e. The first-order valence-corrected chi connectivity index (χ1v) is 6.50. The first-order chi connectivity index (χ1) is 7.27. The van der Waals surface area contributed by atoms with E-state index in [1.165, 1.54) is 32.1 Å². The van der Waals surface area contributed by atoms with Crippen molar-refractivity contribution >= 4 is 5.78 Å². The molecule has 0 saturated heterocycles. The Morgan fingerprint density at radius 2 is 1.87 bits per heavy atom. The highest BCUT2D eigenvalue weighted by atomic mass is 16.1. The average molecular weight is 209 g/mol. The zero-order valence-electron chi connectivity index (χ0n) is 9.63. The quantitative estimate of drug-likeness (QED) is 0.756. The van der Waals surface area contributed by atoms with E-state index in [2.05, 4.69) is 0 Å². The minimum absolute atomic E-state index is 0.118. The summed E-state index contributed by atoms with van der Waals surface area (Å²) in [5, 5.41) is 0. The highest BCUT2D eigenvalue weighted by Gasteiger charge is 2.37. The molecule has 0 aromatic heterocycles. The third kappa shape index (κ3) is 2.60. The Hall–Kier alpha value is -0.370. The van der Waals surface area contributed by atoms with Crippen molar-refractivity contribution in [3.8, 4) is 0 Å². The normalized spacial score (nSPS) is 25.1. The summed E-state index contributed by atoms with van der Waals surface area (Å²) in [7, 11) is 0. The van der Waals surface area contributed by atoms with Crippen LogP contribution in [0.2, 0.25) is 0 Å². The van der Waals surface area contributed by atoms with Gasteiger partial charge < -0.3 is 5.73 Å². The van der Waals surface area contributed by atoms with E-state index in [-0.39, 0.29) is 5.41 Å². The molecule has 86 valence electrons. The van der Waals surface area contributed by atoms with Gasteiger partial charge in [0.05, 0.1) is 0 Å². The van der Waals surface area contributed by atoms with Gasteiger partial charge in [0, 0.05) is 18.4 Å². The molecule has 0 unspecified atom stereocenters. The van der Waals surface area contributed by atoms with Crippen molar-refractivity contribution in [2.45, 2.75) is 57.8 Å². The summed E-state index contributed by atoms with van der Waals surface area (Å²) < 4.78 is 0. The van der Waals surface area contributed by atoms with Gasteiger partial charge in [-0.2, -0.15) is 0 Å². The van der Waals surface area contributed by atoms with Gasteiger partial charge in [-0.25, -0.2) is 0 Å². The van der Waals surface area contributed by atoms with Crippen LogP contribution in [0.3, 0.4) is 0 Å². The van der Waals surface area contributed by atoms with Crippen molar-refractivity contribution in [2.75, 3.05) is 6.54 Å². The number of ketones is 1. The lowest BCUT2D eigenvalue weighted by Crippen LogP contribution is -2.40. The maximum atomic E-state index is 12.2. The number of hydrogen-bond donors (Lipinski definition) is 1. The molecule has 2 heteroatoms. The average Bonchev–Trinajstić information content (AvgIpc) is 3.10. The predicted octanol–water partition coefficient (Wildman–Crippen LogP) is 2.65. The van der Waals surface area contributed by atoms with E-state index in [1.54, 1.807) is 0 Å². The number of carbonyl (C=O) groups excluding carboxylic acids is 1. The van der Waals surface area contributed by atoms with E-state index in [4.69, 9.17) is 5.73 Å². The summed E-state index contributed by atoms with van der Waals surface area (Å²) in [4.78, 5) is 12.2. The molecular formula is C13H23NO. The van der Waals surface area contributed by atoms with Gasteiger partial charge >= 0.3 is 0 Å². The van der Waals surface area contributed by atoms with Crippen LogP contribution in [0.15, 0.2) is 0 Å². The second-order valence-electron chi connectivity index (χ2n) is 5.45. The van der Waals surface area contributed by atoms with Gasteiger partial charge in [-0.05, 0) is 25.2 Å². The molecule has 2 nitrogen and oxygen atoms in total. The molecule has 0 aromatic rings. The fourth-order valence-corrected chi connectivity index (χ4v) is 2.83. The second-order valence-corrected chi connectivity index (χ2v) is 5.45. The lowest BCUT2D eigenvalue weighted by molar-refractivity contribution is -0.130. The maximum absolute atomic E-state index is 12.2. The van der Waals surface area contributed by atoms with Gasteiger partial charge in [0.1, 0.15) is 5.78 Å². The number of nitrogens with two attached hydrogens (primary N) is 1. The van der Waals surface area contributed by atoms with E-state index >= 15 is 0 Å². The van der Waals surface area contributed by atoms with E-state index in [9.17, 15) is 4.79 Å². The van der Waals surface area contributed by atoms with Crippen molar-refractivity contribution in [2.24, 2.45) is 17.1 Å². The van der Waals surface area contributed by atoms with E-state index in [0.717, 1.165) is 31.6 Å². The topological polar surface area (TPSA) is 43.1 Å². The van der Waals surface area contributed by atoms with E-state index in [0.29, 0.717) is 12.3 Å². The smallest absolute Gasteiger partial charge is 0.140 e. The Morgan fingerprint density at radius 1 is 1.20 bits per heavy atom. The van der Waals surface area contributed by atoms with Crippen LogP contribution >= 0.6 is 0 Å². The number of hydrogen-bond acceptors (Lipinski definition) is 2. The molecule has 2 N–H and O–H groups in total. The highest BCUT2D eigenvalue weighted by Crippen LogP contribution is 2.39. The van der Waals surface area contributed by atoms with Gasteiger partial charge in [-0.3, -0.25) is 4.79 Å². The molecule has 0 aliphatic heterocycles. The predicted molar refractivity (Wildman–Crippen MR) is 61.5 cm³/mol. The molecule has 15 heavy (non-hydrogen) atoms. The van der Waals surface area contributed by atoms with Crippen LogP contribution in [-0.4, -0.2) is 12.3 Å². The van der Waals surface area contributed by atoms with Crippen LogP contribution in [0.4, 0.5) is 0 Å². The van der Waals surface area contributed by atoms with Crippen molar-refractivity contribution in [3.05, 3.63) is 0 Å². The molecule has 0 aromatic carbocycles. The van der Waals surface area contributed by atoms with Gasteiger partial charge in [0.15, 0.2) is 0 Å². The van der Waals surface area contributed by atoms with Gasteiger partial charge in [0.25, 0.3) is 0 Å². The third-order valence-electron chi connectivity index (χ3n) is 4.27. The van der Waals surface area contributed by atoms with Crippen molar-refractivity contribution in [3.63, 3.8) is 0 Å². The third-order valence-corrected chi connectivity index (χ3v) is 4.27. The van der Waals surface area contributed by atoms with E-state index in [1.807, 2.05) is 0 Å². The zero-order chi connectivity index (χ0) is 10.7. The Kier molecular flexibility index (Phi) is 3.45. The summed E-state index contributed by atoms with van der Waals surface area (Å²) in [5.41, 5.74) is 5.72. The molecular weight excluding hydrogens is 186 g/mol. The Morgan fingerprint density at radius 3 is 2.40 bits per heavy atom. The van der Waals surface area contributed by atoms with Crippen molar-refractivity contribution in [1.82, 2.24) is 0 Å². The standard InChI is InChI=1S/C13H23NO/c14-10-13(8-2-1-3-9-13)12(15)7-6-11-4-5-11/h11H,1-10,14H2. The van der Waals surface area contributed by atoms with Crippen LogP contribution in [0, 0.1) is 11.3 Å². The number of Topliss-reactive ketones (excluding diaryl/α,β-unsaturated/α-hetero) is 1.